The average molecular weight is 277 g/mol. The van der Waals surface area contributed by atoms with Gasteiger partial charge in [-0.1, -0.05) is 29.8 Å². The van der Waals surface area contributed by atoms with Gasteiger partial charge in [0.25, 0.3) is 0 Å². The zero-order valence-electron chi connectivity index (χ0n) is 12.0. The molecule has 0 fully saturated rings. The number of aldehydes is 1. The zero-order valence-corrected chi connectivity index (χ0v) is 12.0. The van der Waals surface area contributed by atoms with Crippen molar-refractivity contribution >= 4 is 17.2 Å². The minimum Gasteiger partial charge on any atom is -0.454 e. The quantitative estimate of drug-likeness (QED) is 0.664. The first kappa shape index (κ1) is 13.3. The average Bonchev–Trinajstić information content (AvgIpc) is 2.49. The Bertz CT molecular complexity index is 825. The van der Waals surface area contributed by atoms with Gasteiger partial charge in [-0.2, -0.15) is 0 Å². The fraction of sp³-hybridized carbons (Fsp3) is 0.111. The second kappa shape index (κ2) is 5.37. The van der Waals surface area contributed by atoms with Gasteiger partial charge in [-0.25, -0.2) is 4.98 Å². The minimum atomic E-state index is 0.541. The van der Waals surface area contributed by atoms with E-state index in [4.69, 9.17) is 4.74 Å². The highest BCUT2D eigenvalue weighted by Gasteiger charge is 2.08. The van der Waals surface area contributed by atoms with Crippen LogP contribution >= 0.6 is 0 Å². The Labute approximate surface area is 123 Å². The van der Waals surface area contributed by atoms with E-state index >= 15 is 0 Å². The fourth-order valence-electron chi connectivity index (χ4n) is 2.27. The third-order valence-electron chi connectivity index (χ3n) is 3.33. The number of hydrogen-bond donors (Lipinski definition) is 0. The van der Waals surface area contributed by atoms with Crippen LogP contribution in [0.5, 0.6) is 11.5 Å². The van der Waals surface area contributed by atoms with Gasteiger partial charge in [0, 0.05) is 11.1 Å². The molecule has 0 aliphatic carbocycles. The van der Waals surface area contributed by atoms with E-state index in [0.29, 0.717) is 17.1 Å². The highest BCUT2D eigenvalue weighted by molar-refractivity contribution is 5.85. The summed E-state index contributed by atoms with van der Waals surface area (Å²) in [5.74, 6) is 1.20. The molecule has 0 bridgehead atoms. The van der Waals surface area contributed by atoms with E-state index in [1.165, 1.54) is 0 Å². The summed E-state index contributed by atoms with van der Waals surface area (Å²) in [6.45, 7) is 3.89. The van der Waals surface area contributed by atoms with Crippen LogP contribution in [0.25, 0.3) is 10.9 Å². The number of benzene rings is 2. The van der Waals surface area contributed by atoms with Crippen molar-refractivity contribution in [1.82, 2.24) is 4.98 Å². The molecule has 0 amide bonds. The molecule has 1 aromatic heterocycles. The van der Waals surface area contributed by atoms with Crippen LogP contribution in [0.1, 0.15) is 21.6 Å². The Morgan fingerprint density at radius 3 is 2.67 bits per heavy atom. The molecule has 0 saturated heterocycles. The fourth-order valence-corrected chi connectivity index (χ4v) is 2.27. The molecule has 0 aliphatic heterocycles. The molecule has 3 rings (SSSR count). The molecule has 3 nitrogen and oxygen atoms in total. The van der Waals surface area contributed by atoms with E-state index in [1.807, 2.05) is 62.4 Å². The summed E-state index contributed by atoms with van der Waals surface area (Å²) in [4.78, 5) is 15.7. The number of fused-ring (bicyclic) bond motifs is 1. The number of para-hydroxylation sites is 1. The van der Waals surface area contributed by atoms with Gasteiger partial charge in [0.15, 0.2) is 12.0 Å². The molecule has 104 valence electrons. The number of aryl methyl sites for hydroxylation is 2. The molecule has 0 N–H and O–H groups in total. The third-order valence-corrected chi connectivity index (χ3v) is 3.33. The molecule has 0 radical (unpaired) electrons. The molecule has 2 aromatic carbocycles. The van der Waals surface area contributed by atoms with E-state index in [1.54, 1.807) is 0 Å². The van der Waals surface area contributed by atoms with E-state index in [-0.39, 0.29) is 0 Å². The number of ether oxygens (including phenoxy) is 1. The Hall–Kier alpha value is -2.68. The van der Waals surface area contributed by atoms with Gasteiger partial charge in [-0.05, 0) is 38.1 Å². The van der Waals surface area contributed by atoms with Crippen LogP contribution in [0.4, 0.5) is 0 Å². The number of carbonyl (C=O) groups is 1. The highest BCUT2D eigenvalue weighted by Crippen LogP contribution is 2.30. The minimum absolute atomic E-state index is 0.541. The number of pyridine rings is 1. The van der Waals surface area contributed by atoms with Crippen molar-refractivity contribution < 1.29 is 9.53 Å². The Kier molecular flexibility index (Phi) is 3.40. The smallest absolute Gasteiger partial charge is 0.153 e. The van der Waals surface area contributed by atoms with Crippen molar-refractivity contribution in [2.45, 2.75) is 13.8 Å². The van der Waals surface area contributed by atoms with Gasteiger partial charge in [0.2, 0.25) is 0 Å². The lowest BCUT2D eigenvalue weighted by Gasteiger charge is -2.11. The second-order valence-electron chi connectivity index (χ2n) is 5.04. The van der Waals surface area contributed by atoms with Gasteiger partial charge in [0.1, 0.15) is 11.3 Å². The summed E-state index contributed by atoms with van der Waals surface area (Å²) in [6.07, 6.45) is 0.812. The van der Waals surface area contributed by atoms with Gasteiger partial charge in [0.05, 0.1) is 5.56 Å². The molecular weight excluding hydrogens is 262 g/mol. The highest BCUT2D eigenvalue weighted by atomic mass is 16.5. The predicted molar refractivity (Wildman–Crippen MR) is 83.1 cm³/mol. The first-order chi connectivity index (χ1) is 10.2. The first-order valence-corrected chi connectivity index (χ1v) is 6.77. The molecule has 3 aromatic rings. The molecule has 1 heterocycles. The van der Waals surface area contributed by atoms with Gasteiger partial charge < -0.3 is 4.74 Å². The molecule has 0 unspecified atom stereocenters. The lowest BCUT2D eigenvalue weighted by atomic mass is 10.1. The maximum Gasteiger partial charge on any atom is 0.153 e. The largest absolute Gasteiger partial charge is 0.454 e. The number of aromatic nitrogens is 1. The molecule has 0 spiro atoms. The maximum absolute atomic E-state index is 11.2. The van der Waals surface area contributed by atoms with Crippen molar-refractivity contribution in [1.29, 1.82) is 0 Å². The van der Waals surface area contributed by atoms with E-state index in [2.05, 4.69) is 4.98 Å². The molecular formula is C18H15NO2. The normalized spacial score (nSPS) is 10.6. The van der Waals surface area contributed by atoms with Crippen LogP contribution < -0.4 is 4.74 Å². The molecule has 3 heteroatoms. The summed E-state index contributed by atoms with van der Waals surface area (Å²) < 4.78 is 5.93. The lowest BCUT2D eigenvalue weighted by Crippen LogP contribution is -1.93. The molecule has 0 saturated carbocycles. The Balaban J connectivity index is 2.10. The lowest BCUT2D eigenvalue weighted by molar-refractivity contribution is 0.112. The van der Waals surface area contributed by atoms with Crippen LogP contribution in [0.3, 0.4) is 0 Å². The van der Waals surface area contributed by atoms with E-state index in [9.17, 15) is 4.79 Å². The van der Waals surface area contributed by atoms with Gasteiger partial charge >= 0.3 is 0 Å². The van der Waals surface area contributed by atoms with Crippen LogP contribution in [-0.4, -0.2) is 11.3 Å². The van der Waals surface area contributed by atoms with Crippen molar-refractivity contribution in [2.75, 3.05) is 0 Å². The molecule has 21 heavy (non-hydrogen) atoms. The number of nitrogens with zero attached hydrogens (tertiary/aromatic N) is 1. The van der Waals surface area contributed by atoms with Gasteiger partial charge in [-0.3, -0.25) is 4.79 Å². The third kappa shape index (κ3) is 2.63. The monoisotopic (exact) mass is 277 g/mol. The standard InChI is InChI=1S/C18H15NO2/c1-12-6-9-16(15(10-12)11-20)21-17-5-3-4-14-8-7-13(2)19-18(14)17/h3-11H,1-2H3. The van der Waals surface area contributed by atoms with Crippen molar-refractivity contribution in [3.05, 3.63) is 65.4 Å². The van der Waals surface area contributed by atoms with Crippen LogP contribution in [0.2, 0.25) is 0 Å². The second-order valence-corrected chi connectivity index (χ2v) is 5.04. The summed E-state index contributed by atoms with van der Waals surface area (Å²) in [5.41, 5.74) is 3.30. The summed E-state index contributed by atoms with van der Waals surface area (Å²) in [7, 11) is 0. The SMILES string of the molecule is Cc1ccc(Oc2cccc3ccc(C)nc23)c(C=O)c1. The molecule has 0 atom stereocenters. The van der Waals surface area contributed by atoms with E-state index < -0.39 is 0 Å². The summed E-state index contributed by atoms with van der Waals surface area (Å²) in [6, 6.07) is 15.3. The van der Waals surface area contributed by atoms with Crippen LogP contribution in [-0.2, 0) is 0 Å². The van der Waals surface area contributed by atoms with E-state index in [0.717, 1.165) is 28.4 Å². The first-order valence-electron chi connectivity index (χ1n) is 6.77. The van der Waals surface area contributed by atoms with Crippen LogP contribution in [0, 0.1) is 13.8 Å². The van der Waals surface area contributed by atoms with Crippen molar-refractivity contribution in [2.24, 2.45) is 0 Å². The number of hydrogen-bond acceptors (Lipinski definition) is 3. The summed E-state index contributed by atoms with van der Waals surface area (Å²) in [5, 5.41) is 1.01. The van der Waals surface area contributed by atoms with Crippen molar-refractivity contribution in [3.63, 3.8) is 0 Å². The zero-order chi connectivity index (χ0) is 14.8. The number of carbonyl (C=O) groups excluding carboxylic acids is 1. The number of rotatable bonds is 3. The van der Waals surface area contributed by atoms with Crippen LogP contribution in [0.15, 0.2) is 48.5 Å². The van der Waals surface area contributed by atoms with Gasteiger partial charge in [-0.15, -0.1) is 0 Å². The topological polar surface area (TPSA) is 39.2 Å². The van der Waals surface area contributed by atoms with Crippen molar-refractivity contribution in [3.8, 4) is 11.5 Å². The Morgan fingerprint density at radius 1 is 1.00 bits per heavy atom. The molecule has 0 aliphatic rings. The summed E-state index contributed by atoms with van der Waals surface area (Å²) >= 11 is 0. The Morgan fingerprint density at radius 2 is 1.86 bits per heavy atom. The maximum atomic E-state index is 11.2. The predicted octanol–water partition coefficient (Wildman–Crippen LogP) is 4.46.